The molecule has 4 nitrogen and oxygen atoms in total. The van der Waals surface area contributed by atoms with E-state index in [-0.39, 0.29) is 0 Å². The Balaban J connectivity index is 2.14. The molecule has 0 aliphatic rings. The van der Waals surface area contributed by atoms with Crippen LogP contribution in [-0.4, -0.2) is 19.8 Å². The van der Waals surface area contributed by atoms with Crippen LogP contribution in [0.2, 0.25) is 0 Å². The lowest BCUT2D eigenvalue weighted by Crippen LogP contribution is -1.97. The largest absolute Gasteiger partial charge is 0.234 e. The molecule has 0 amide bonds. The van der Waals surface area contributed by atoms with Gasteiger partial charge in [-0.05, 0) is 12.1 Å². The normalized spacial score (nSPS) is 11.6. The predicted octanol–water partition coefficient (Wildman–Crippen LogP) is 3.74. The Morgan fingerprint density at radius 2 is 2.11 bits per heavy atom. The summed E-state index contributed by atoms with van der Waals surface area (Å²) in [5.41, 5.74) is 1.09. The van der Waals surface area contributed by atoms with Crippen LogP contribution in [0.1, 0.15) is 25.6 Å². The summed E-state index contributed by atoms with van der Waals surface area (Å²) in [6.45, 7) is 4.18. The van der Waals surface area contributed by atoms with Crippen LogP contribution in [-0.2, 0) is 0 Å². The monoisotopic (exact) mass is 322 g/mol. The average Bonchev–Trinajstić information content (AvgIpc) is 2.87. The summed E-state index contributed by atoms with van der Waals surface area (Å²) in [5.74, 6) is 1.22. The molecule has 0 aliphatic carbocycles. The molecule has 0 unspecified atom stereocenters. The smallest absolute Gasteiger partial charge is 0.187 e. The molecule has 6 heteroatoms. The zero-order chi connectivity index (χ0) is 12.7. The molecule has 0 saturated carbocycles. The second-order valence-corrected chi connectivity index (χ2v) is 6.20. The first-order valence-electron chi connectivity index (χ1n) is 5.63. The molecule has 0 N–H and O–H groups in total. The second-order valence-electron chi connectivity index (χ2n) is 4.32. The molecule has 0 spiro atoms. The third-order valence-corrected chi connectivity index (χ3v) is 4.04. The van der Waals surface area contributed by atoms with Gasteiger partial charge in [0, 0.05) is 16.0 Å². The molecule has 0 bridgehead atoms. The number of hydrogen-bond acceptors (Lipinski definition) is 4. The highest BCUT2D eigenvalue weighted by Crippen LogP contribution is 2.28. The number of hydrogen-bond donors (Lipinski definition) is 0. The topological polar surface area (TPSA) is 43.1 Å². The summed E-state index contributed by atoms with van der Waals surface area (Å²) >= 11 is 5.03. The maximum Gasteiger partial charge on any atom is 0.234 e. The zero-order valence-electron chi connectivity index (χ0n) is 9.96. The number of rotatable bonds is 2. The van der Waals surface area contributed by atoms with Crippen molar-refractivity contribution in [2.75, 3.05) is 0 Å². The number of benzene rings is 1. The van der Waals surface area contributed by atoms with Gasteiger partial charge in [0.15, 0.2) is 5.82 Å². The Morgan fingerprint density at radius 3 is 2.83 bits per heavy atom. The van der Waals surface area contributed by atoms with Crippen molar-refractivity contribution in [3.05, 3.63) is 34.6 Å². The molecule has 18 heavy (non-hydrogen) atoms. The van der Waals surface area contributed by atoms with Crippen LogP contribution in [0.15, 0.2) is 28.7 Å². The molecular formula is C12H11BrN4S. The minimum atomic E-state index is 0.317. The molecule has 3 aromatic rings. The molecule has 0 radical (unpaired) electrons. The van der Waals surface area contributed by atoms with Crippen molar-refractivity contribution in [2.24, 2.45) is 0 Å². The molecule has 0 saturated heterocycles. The van der Waals surface area contributed by atoms with Crippen molar-refractivity contribution >= 4 is 32.2 Å². The molecule has 0 atom stereocenters. The van der Waals surface area contributed by atoms with E-state index in [1.165, 1.54) is 0 Å². The van der Waals surface area contributed by atoms with Crippen molar-refractivity contribution in [1.29, 1.82) is 0 Å². The van der Waals surface area contributed by atoms with E-state index in [1.54, 1.807) is 11.3 Å². The third kappa shape index (κ3) is 1.95. The van der Waals surface area contributed by atoms with E-state index in [2.05, 4.69) is 51.1 Å². The number of aromatic nitrogens is 4. The van der Waals surface area contributed by atoms with Crippen molar-refractivity contribution in [3.63, 3.8) is 0 Å². The Morgan fingerprint density at radius 1 is 1.28 bits per heavy atom. The molecular weight excluding hydrogens is 312 g/mol. The molecule has 0 fully saturated rings. The fourth-order valence-corrected chi connectivity index (χ4v) is 2.97. The van der Waals surface area contributed by atoms with Crippen LogP contribution in [0.5, 0.6) is 0 Å². The van der Waals surface area contributed by atoms with E-state index >= 15 is 0 Å². The summed E-state index contributed by atoms with van der Waals surface area (Å²) < 4.78 is 2.89. The lowest BCUT2D eigenvalue weighted by molar-refractivity contribution is 0.727. The summed E-state index contributed by atoms with van der Waals surface area (Å²) in [6.07, 6.45) is 0. The van der Waals surface area contributed by atoms with E-state index in [4.69, 9.17) is 0 Å². The van der Waals surface area contributed by atoms with E-state index < -0.39 is 0 Å². The van der Waals surface area contributed by atoms with Crippen LogP contribution < -0.4 is 0 Å². The molecule has 1 aromatic carbocycles. The molecule has 2 heterocycles. The minimum absolute atomic E-state index is 0.317. The number of fused-ring (bicyclic) bond motifs is 1. The highest BCUT2D eigenvalue weighted by atomic mass is 79.9. The van der Waals surface area contributed by atoms with Crippen LogP contribution in [0.3, 0.4) is 0 Å². The average molecular weight is 323 g/mol. The summed E-state index contributed by atoms with van der Waals surface area (Å²) in [4.78, 5) is 0.841. The summed E-state index contributed by atoms with van der Waals surface area (Å²) in [5, 5.41) is 13.9. The highest BCUT2D eigenvalue weighted by Gasteiger charge is 2.14. The Labute approximate surface area is 117 Å². The van der Waals surface area contributed by atoms with Gasteiger partial charge in [0.05, 0.1) is 0 Å². The standard InChI is InChI=1S/C12H11BrN4S/c1-7(2)10-14-15-12-17(10)16-11(18-12)8-4-3-5-9(13)6-8/h3-7H,1-2H3. The van der Waals surface area contributed by atoms with Gasteiger partial charge in [0.1, 0.15) is 5.01 Å². The number of halogens is 1. The van der Waals surface area contributed by atoms with Gasteiger partial charge in [0.25, 0.3) is 0 Å². The van der Waals surface area contributed by atoms with Gasteiger partial charge in [-0.25, -0.2) is 0 Å². The molecule has 92 valence electrons. The van der Waals surface area contributed by atoms with Gasteiger partial charge in [-0.2, -0.15) is 9.61 Å². The minimum Gasteiger partial charge on any atom is -0.187 e. The van der Waals surface area contributed by atoms with Crippen molar-refractivity contribution in [1.82, 2.24) is 19.8 Å². The van der Waals surface area contributed by atoms with Gasteiger partial charge in [0.2, 0.25) is 4.96 Å². The lowest BCUT2D eigenvalue weighted by atomic mass is 10.2. The van der Waals surface area contributed by atoms with Crippen LogP contribution in [0.4, 0.5) is 0 Å². The number of nitrogens with zero attached hydrogens (tertiary/aromatic N) is 4. The third-order valence-electron chi connectivity index (χ3n) is 2.60. The second kappa shape index (κ2) is 4.44. The van der Waals surface area contributed by atoms with E-state index in [9.17, 15) is 0 Å². The SMILES string of the molecule is CC(C)c1nnc2sc(-c3cccc(Br)c3)nn12. The fourth-order valence-electron chi connectivity index (χ4n) is 1.73. The molecule has 2 aromatic heterocycles. The van der Waals surface area contributed by atoms with E-state index in [0.29, 0.717) is 5.92 Å². The van der Waals surface area contributed by atoms with Crippen molar-refractivity contribution < 1.29 is 0 Å². The first-order chi connectivity index (χ1) is 8.65. The molecule has 0 aliphatic heterocycles. The highest BCUT2D eigenvalue weighted by molar-refractivity contribution is 9.10. The van der Waals surface area contributed by atoms with E-state index in [0.717, 1.165) is 25.8 Å². The van der Waals surface area contributed by atoms with Crippen LogP contribution >= 0.6 is 27.3 Å². The fraction of sp³-hybridized carbons (Fsp3) is 0.250. The molecule has 3 rings (SSSR count). The van der Waals surface area contributed by atoms with Gasteiger partial charge < -0.3 is 0 Å². The van der Waals surface area contributed by atoms with E-state index in [1.807, 2.05) is 22.7 Å². The van der Waals surface area contributed by atoms with Gasteiger partial charge in [-0.3, -0.25) is 0 Å². The predicted molar refractivity (Wildman–Crippen MR) is 75.9 cm³/mol. The van der Waals surface area contributed by atoms with Crippen LogP contribution in [0, 0.1) is 0 Å². The van der Waals surface area contributed by atoms with Gasteiger partial charge >= 0.3 is 0 Å². The maximum absolute atomic E-state index is 4.59. The Hall–Kier alpha value is -1.27. The quantitative estimate of drug-likeness (QED) is 0.721. The van der Waals surface area contributed by atoms with Crippen molar-refractivity contribution in [3.8, 4) is 10.6 Å². The Kier molecular flexibility index (Phi) is 2.91. The first kappa shape index (κ1) is 11.8. The maximum atomic E-state index is 4.59. The summed E-state index contributed by atoms with van der Waals surface area (Å²) in [6, 6.07) is 8.11. The van der Waals surface area contributed by atoms with Crippen LogP contribution in [0.25, 0.3) is 15.5 Å². The first-order valence-corrected chi connectivity index (χ1v) is 7.24. The lowest BCUT2D eigenvalue weighted by Gasteiger charge is -1.98. The Bertz CT molecular complexity index is 701. The van der Waals surface area contributed by atoms with Gasteiger partial charge in [-0.15, -0.1) is 10.2 Å². The van der Waals surface area contributed by atoms with Crippen molar-refractivity contribution in [2.45, 2.75) is 19.8 Å². The van der Waals surface area contributed by atoms with Gasteiger partial charge in [-0.1, -0.05) is 53.2 Å². The summed E-state index contributed by atoms with van der Waals surface area (Å²) in [7, 11) is 0. The zero-order valence-corrected chi connectivity index (χ0v) is 12.4.